The predicted molar refractivity (Wildman–Crippen MR) is 136 cm³/mol. The number of hydrogen-bond donors (Lipinski definition) is 1. The number of para-hydroxylation sites is 1. The Balaban J connectivity index is 1.32. The summed E-state index contributed by atoms with van der Waals surface area (Å²) in [4.78, 5) is 31.4. The molecule has 7 nitrogen and oxygen atoms in total. The molecule has 2 heterocycles. The van der Waals surface area contributed by atoms with Crippen LogP contribution in [-0.4, -0.2) is 28.2 Å². The molecule has 0 radical (unpaired) electrons. The first-order chi connectivity index (χ1) is 17.6. The van der Waals surface area contributed by atoms with Crippen LogP contribution < -0.4 is 10.1 Å². The SMILES string of the molecule is CCC(=O)N1CCc2ccc(OCc3nc(C(=O)Nc4ccccc4)co3)cc2C1c1ccccc1. The van der Waals surface area contributed by atoms with Crippen molar-refractivity contribution in [3.63, 3.8) is 0 Å². The number of rotatable bonds is 7. The maximum absolute atomic E-state index is 12.8. The second kappa shape index (κ2) is 10.5. The second-order valence-corrected chi connectivity index (χ2v) is 8.60. The molecule has 0 spiro atoms. The number of fused-ring (bicyclic) bond motifs is 1. The van der Waals surface area contributed by atoms with Gasteiger partial charge in [-0.2, -0.15) is 0 Å². The maximum atomic E-state index is 12.8. The Kier molecular flexibility index (Phi) is 6.80. The molecule has 1 N–H and O–H groups in total. The fourth-order valence-corrected chi connectivity index (χ4v) is 4.49. The normalized spacial score (nSPS) is 14.7. The van der Waals surface area contributed by atoms with Crippen molar-refractivity contribution in [2.45, 2.75) is 32.4 Å². The molecular weight excluding hydrogens is 454 g/mol. The molecule has 1 aromatic heterocycles. The second-order valence-electron chi connectivity index (χ2n) is 8.60. The molecule has 7 heteroatoms. The Hall–Kier alpha value is -4.39. The smallest absolute Gasteiger partial charge is 0.277 e. The summed E-state index contributed by atoms with van der Waals surface area (Å²) in [5.74, 6) is 0.723. The number of carbonyl (C=O) groups is 2. The van der Waals surface area contributed by atoms with E-state index in [1.165, 1.54) is 11.8 Å². The lowest BCUT2D eigenvalue weighted by Crippen LogP contribution is -2.40. The van der Waals surface area contributed by atoms with Gasteiger partial charge in [-0.3, -0.25) is 9.59 Å². The summed E-state index contributed by atoms with van der Waals surface area (Å²) in [7, 11) is 0. The van der Waals surface area contributed by atoms with Crippen molar-refractivity contribution in [3.05, 3.63) is 113 Å². The number of nitrogens with one attached hydrogen (secondary N) is 1. The molecule has 3 aromatic carbocycles. The Labute approximate surface area is 209 Å². The fraction of sp³-hybridized carbons (Fsp3) is 0.207. The van der Waals surface area contributed by atoms with E-state index in [0.717, 1.165) is 17.5 Å². The summed E-state index contributed by atoms with van der Waals surface area (Å²) in [5, 5.41) is 2.78. The first-order valence-corrected chi connectivity index (χ1v) is 12.0. The van der Waals surface area contributed by atoms with Crippen LogP contribution in [-0.2, 0) is 17.8 Å². The van der Waals surface area contributed by atoms with Gasteiger partial charge in [-0.1, -0.05) is 61.5 Å². The number of hydrogen-bond acceptors (Lipinski definition) is 5. The predicted octanol–water partition coefficient (Wildman–Crippen LogP) is 5.39. The first kappa shape index (κ1) is 23.4. The van der Waals surface area contributed by atoms with Gasteiger partial charge in [-0.05, 0) is 47.4 Å². The van der Waals surface area contributed by atoms with Gasteiger partial charge >= 0.3 is 0 Å². The van der Waals surface area contributed by atoms with E-state index in [0.29, 0.717) is 30.3 Å². The molecule has 2 amide bonds. The minimum atomic E-state index is -0.351. The highest BCUT2D eigenvalue weighted by atomic mass is 16.5. The van der Waals surface area contributed by atoms with Crippen LogP contribution in [0.5, 0.6) is 5.75 Å². The lowest BCUT2D eigenvalue weighted by molar-refractivity contribution is -0.132. The zero-order valence-corrected chi connectivity index (χ0v) is 20.0. The summed E-state index contributed by atoms with van der Waals surface area (Å²) >= 11 is 0. The fourth-order valence-electron chi connectivity index (χ4n) is 4.49. The average Bonchev–Trinajstić information content (AvgIpc) is 3.41. The van der Waals surface area contributed by atoms with Crippen LogP contribution >= 0.6 is 0 Å². The number of oxazole rings is 1. The van der Waals surface area contributed by atoms with E-state index >= 15 is 0 Å². The minimum Gasteiger partial charge on any atom is -0.484 e. The number of benzene rings is 3. The van der Waals surface area contributed by atoms with Crippen molar-refractivity contribution in [1.29, 1.82) is 0 Å². The molecule has 0 fully saturated rings. The van der Waals surface area contributed by atoms with Crippen molar-refractivity contribution in [2.24, 2.45) is 0 Å². The third-order valence-electron chi connectivity index (χ3n) is 6.26. The Morgan fingerprint density at radius 1 is 1.06 bits per heavy atom. The van der Waals surface area contributed by atoms with Gasteiger partial charge < -0.3 is 19.4 Å². The van der Waals surface area contributed by atoms with Gasteiger partial charge in [0.25, 0.3) is 5.91 Å². The standard InChI is InChI=1S/C29H27N3O4/c1-2-27(33)32-16-15-20-13-14-23(17-24(20)28(32)21-9-5-3-6-10-21)35-19-26-31-25(18-36-26)29(34)30-22-11-7-4-8-12-22/h3-14,17-18,28H,2,15-16,19H2,1H3,(H,30,34). The molecule has 0 saturated heterocycles. The molecule has 36 heavy (non-hydrogen) atoms. The zero-order chi connectivity index (χ0) is 24.9. The van der Waals surface area contributed by atoms with E-state index in [2.05, 4.69) is 28.5 Å². The van der Waals surface area contributed by atoms with Crippen molar-refractivity contribution >= 4 is 17.5 Å². The van der Waals surface area contributed by atoms with E-state index < -0.39 is 0 Å². The lowest BCUT2D eigenvalue weighted by atomic mass is 9.87. The molecule has 1 aliphatic heterocycles. The van der Waals surface area contributed by atoms with Gasteiger partial charge in [-0.25, -0.2) is 4.98 Å². The van der Waals surface area contributed by atoms with E-state index in [1.54, 1.807) is 12.1 Å². The summed E-state index contributed by atoms with van der Waals surface area (Å²) in [5.41, 5.74) is 4.19. The number of aromatic nitrogens is 1. The van der Waals surface area contributed by atoms with Crippen LogP contribution in [0.25, 0.3) is 0 Å². The molecule has 4 aromatic rings. The highest BCUT2D eigenvalue weighted by Crippen LogP contribution is 2.37. The number of anilines is 1. The topological polar surface area (TPSA) is 84.7 Å². The number of nitrogens with zero attached hydrogens (tertiary/aromatic N) is 2. The molecule has 182 valence electrons. The summed E-state index contributed by atoms with van der Waals surface area (Å²) in [6.45, 7) is 2.65. The van der Waals surface area contributed by atoms with Crippen molar-refractivity contribution in [2.75, 3.05) is 11.9 Å². The van der Waals surface area contributed by atoms with Gasteiger partial charge in [0, 0.05) is 18.7 Å². The third kappa shape index (κ3) is 5.00. The van der Waals surface area contributed by atoms with Gasteiger partial charge in [0.1, 0.15) is 12.0 Å². The van der Waals surface area contributed by atoms with E-state index in [9.17, 15) is 9.59 Å². The molecular formula is C29H27N3O4. The molecule has 1 unspecified atom stereocenters. The van der Waals surface area contributed by atoms with Gasteiger partial charge in [0.15, 0.2) is 12.3 Å². The minimum absolute atomic E-state index is 0.0744. The molecule has 0 bridgehead atoms. The molecule has 5 rings (SSSR count). The largest absolute Gasteiger partial charge is 0.484 e. The number of carbonyl (C=O) groups excluding carboxylic acids is 2. The van der Waals surface area contributed by atoms with Gasteiger partial charge in [0.05, 0.1) is 6.04 Å². The zero-order valence-electron chi connectivity index (χ0n) is 20.0. The Morgan fingerprint density at radius 3 is 2.56 bits per heavy atom. The van der Waals surface area contributed by atoms with Crippen LogP contribution in [0.15, 0.2) is 89.5 Å². The van der Waals surface area contributed by atoms with Gasteiger partial charge in [0.2, 0.25) is 11.8 Å². The molecule has 0 saturated carbocycles. The summed E-state index contributed by atoms with van der Waals surface area (Å²) in [6.07, 6.45) is 2.58. The average molecular weight is 482 g/mol. The van der Waals surface area contributed by atoms with Crippen LogP contribution in [0, 0.1) is 0 Å². The highest BCUT2D eigenvalue weighted by molar-refractivity contribution is 6.02. The highest BCUT2D eigenvalue weighted by Gasteiger charge is 2.31. The Bertz CT molecular complexity index is 1350. The van der Waals surface area contributed by atoms with Crippen molar-refractivity contribution in [3.8, 4) is 5.75 Å². The first-order valence-electron chi connectivity index (χ1n) is 12.0. The Morgan fingerprint density at radius 2 is 1.81 bits per heavy atom. The van der Waals surface area contributed by atoms with E-state index in [4.69, 9.17) is 9.15 Å². The van der Waals surface area contributed by atoms with Crippen LogP contribution in [0.4, 0.5) is 5.69 Å². The van der Waals surface area contributed by atoms with Crippen LogP contribution in [0.1, 0.15) is 52.5 Å². The molecule has 0 aliphatic carbocycles. The van der Waals surface area contributed by atoms with Crippen molar-refractivity contribution < 1.29 is 18.7 Å². The van der Waals surface area contributed by atoms with Crippen molar-refractivity contribution in [1.82, 2.24) is 9.88 Å². The quantitative estimate of drug-likeness (QED) is 0.383. The monoisotopic (exact) mass is 481 g/mol. The van der Waals surface area contributed by atoms with Gasteiger partial charge in [-0.15, -0.1) is 0 Å². The van der Waals surface area contributed by atoms with Crippen LogP contribution in [0.2, 0.25) is 0 Å². The lowest BCUT2D eigenvalue weighted by Gasteiger charge is -2.38. The van der Waals surface area contributed by atoms with Crippen LogP contribution in [0.3, 0.4) is 0 Å². The number of ether oxygens (including phenoxy) is 1. The molecule has 1 aliphatic rings. The maximum Gasteiger partial charge on any atom is 0.277 e. The summed E-state index contributed by atoms with van der Waals surface area (Å²) < 4.78 is 11.4. The van der Waals surface area contributed by atoms with E-state index in [-0.39, 0.29) is 30.2 Å². The summed E-state index contributed by atoms with van der Waals surface area (Å²) in [6, 6.07) is 25.0. The third-order valence-corrected chi connectivity index (χ3v) is 6.26. The van der Waals surface area contributed by atoms with E-state index in [1.807, 2.05) is 60.4 Å². The molecule has 1 atom stereocenters. The number of amides is 2.